The van der Waals surface area contributed by atoms with E-state index in [4.69, 9.17) is 9.47 Å². The second kappa shape index (κ2) is 10.3. The van der Waals surface area contributed by atoms with E-state index < -0.39 is 36.8 Å². The molecule has 2 heterocycles. The summed E-state index contributed by atoms with van der Waals surface area (Å²) in [6.45, 7) is 4.61. The van der Waals surface area contributed by atoms with Gasteiger partial charge in [-0.25, -0.2) is 0 Å². The molecule has 1 unspecified atom stereocenters. The van der Waals surface area contributed by atoms with Crippen LogP contribution < -0.4 is 21.5 Å². The van der Waals surface area contributed by atoms with E-state index in [1.807, 2.05) is 0 Å². The van der Waals surface area contributed by atoms with Crippen LogP contribution in [0.25, 0.3) is 0 Å². The van der Waals surface area contributed by atoms with Crippen molar-refractivity contribution in [3.8, 4) is 23.0 Å². The molecule has 0 spiro atoms. The van der Waals surface area contributed by atoms with Crippen LogP contribution in [0, 0.1) is 5.92 Å². The molecule has 3 nitrogen and oxygen atoms in total. The molecule has 37 heavy (non-hydrogen) atoms. The molecule has 0 aromatic heterocycles. The van der Waals surface area contributed by atoms with E-state index in [1.54, 1.807) is 0 Å². The minimum atomic E-state index is -2.26. The summed E-state index contributed by atoms with van der Waals surface area (Å²) < 4.78 is 16.4. The first-order valence-corrected chi connectivity index (χ1v) is 34.1. The molecule has 2 aliphatic rings. The molecule has 196 valence electrons. The standard InChI is InChI=1S/C26H25NO2.6CH3.2Sn/c1-3-5-10-18(4-2)15-19-16-24-26-25(17-19)29-23-14-9-7-12-21(23)27(26)20-11-6-8-13-22(20)28-24;;;;;;;;/h6-7,11-14,16-18H,3-5,10,15H2,1-2H3;6*1H3;;. The third kappa shape index (κ3) is 5.41. The first-order chi connectivity index (χ1) is 17.5. The monoisotopic (exact) mass is 713 g/mol. The predicted molar refractivity (Wildman–Crippen MR) is 164 cm³/mol. The van der Waals surface area contributed by atoms with Crippen LogP contribution in [0.2, 0.25) is 29.6 Å². The second-order valence-electron chi connectivity index (χ2n) is 13.0. The number of ether oxygens (including phenoxy) is 2. The van der Waals surface area contributed by atoms with Crippen LogP contribution in [0.4, 0.5) is 17.1 Å². The number of nitrogens with zero attached hydrogens (tertiary/aromatic N) is 1. The Morgan fingerprint density at radius 3 is 1.65 bits per heavy atom. The summed E-state index contributed by atoms with van der Waals surface area (Å²) >= 11 is -4.53. The molecule has 0 amide bonds. The average molecular weight is 711 g/mol. The van der Waals surface area contributed by atoms with Gasteiger partial charge in [0.15, 0.2) is 0 Å². The first kappa shape index (κ1) is 27.2. The summed E-state index contributed by atoms with van der Waals surface area (Å²) in [5, 5.41) is 0. The van der Waals surface area contributed by atoms with Crippen LogP contribution in [-0.2, 0) is 6.42 Å². The Morgan fingerprint density at radius 2 is 1.22 bits per heavy atom. The zero-order valence-corrected chi connectivity index (χ0v) is 29.7. The number of anilines is 3. The third-order valence-electron chi connectivity index (χ3n) is 7.96. The van der Waals surface area contributed by atoms with Crippen molar-refractivity contribution in [1.29, 1.82) is 0 Å². The van der Waals surface area contributed by atoms with Crippen LogP contribution in [0.5, 0.6) is 23.0 Å². The van der Waals surface area contributed by atoms with Crippen molar-refractivity contribution in [3.63, 3.8) is 0 Å². The second-order valence-corrected chi connectivity index (χ2v) is 41.9. The number of benzene rings is 3. The molecule has 3 aromatic carbocycles. The molecule has 0 saturated carbocycles. The molecule has 2 aliphatic heterocycles. The van der Waals surface area contributed by atoms with Crippen LogP contribution in [0.1, 0.15) is 45.1 Å². The Balaban J connectivity index is 1.65. The zero-order chi connectivity index (χ0) is 26.5. The molecule has 0 fully saturated rings. The van der Waals surface area contributed by atoms with Gasteiger partial charge in [-0.05, 0) is 0 Å². The first-order valence-electron chi connectivity index (χ1n) is 14.1. The molecule has 0 saturated heterocycles. The quantitative estimate of drug-likeness (QED) is 0.150. The Labute approximate surface area is 232 Å². The molecular weight excluding hydrogens is 668 g/mol. The van der Waals surface area contributed by atoms with Crippen LogP contribution in [-0.4, -0.2) is 36.8 Å². The molecule has 0 aliphatic carbocycles. The molecule has 3 aromatic rings. The summed E-state index contributed by atoms with van der Waals surface area (Å²) in [5.74, 6) is 4.50. The Morgan fingerprint density at radius 1 is 0.703 bits per heavy atom. The van der Waals surface area contributed by atoms with Gasteiger partial charge in [0, 0.05) is 0 Å². The number of hydrogen-bond donors (Lipinski definition) is 0. The molecular formula is C32H43NO2Sn2. The van der Waals surface area contributed by atoms with Gasteiger partial charge in [0.1, 0.15) is 0 Å². The normalized spacial score (nSPS) is 14.8. The van der Waals surface area contributed by atoms with E-state index in [1.165, 1.54) is 38.4 Å². The van der Waals surface area contributed by atoms with Gasteiger partial charge in [-0.15, -0.1) is 0 Å². The molecule has 0 bridgehead atoms. The van der Waals surface area contributed by atoms with Gasteiger partial charge in [-0.3, -0.25) is 0 Å². The van der Waals surface area contributed by atoms with Gasteiger partial charge < -0.3 is 0 Å². The van der Waals surface area contributed by atoms with Crippen LogP contribution >= 0.6 is 0 Å². The van der Waals surface area contributed by atoms with Crippen molar-refractivity contribution >= 4 is 61.0 Å². The van der Waals surface area contributed by atoms with Gasteiger partial charge in [0.2, 0.25) is 0 Å². The van der Waals surface area contributed by atoms with Crippen LogP contribution in [0.3, 0.4) is 0 Å². The van der Waals surface area contributed by atoms with E-state index in [9.17, 15) is 0 Å². The summed E-state index contributed by atoms with van der Waals surface area (Å²) in [6.07, 6.45) is 6.10. The van der Waals surface area contributed by atoms with Crippen molar-refractivity contribution in [2.24, 2.45) is 5.92 Å². The third-order valence-corrected chi connectivity index (χ3v) is 19.6. The Kier molecular flexibility index (Phi) is 7.60. The fourth-order valence-electron chi connectivity index (χ4n) is 5.51. The minimum absolute atomic E-state index is 0.691. The van der Waals surface area contributed by atoms with Crippen molar-refractivity contribution in [3.05, 3.63) is 54.1 Å². The predicted octanol–water partition coefficient (Wildman–Crippen LogP) is 9.22. The van der Waals surface area contributed by atoms with Gasteiger partial charge in [-0.1, -0.05) is 6.92 Å². The maximum absolute atomic E-state index is 6.71. The molecule has 5 heteroatoms. The number of hydrogen-bond acceptors (Lipinski definition) is 3. The fourth-order valence-corrected chi connectivity index (χ4v) is 12.1. The van der Waals surface area contributed by atoms with E-state index >= 15 is 0 Å². The average Bonchev–Trinajstić information content (AvgIpc) is 2.84. The molecule has 0 radical (unpaired) electrons. The van der Waals surface area contributed by atoms with E-state index in [0.29, 0.717) is 5.92 Å². The Hall–Kier alpha value is -1.34. The summed E-state index contributed by atoms with van der Waals surface area (Å²) in [4.78, 5) is 17.2. The number of unbranched alkanes of at least 4 members (excludes halogenated alkanes) is 1. The zero-order valence-electron chi connectivity index (χ0n) is 24.0. The van der Waals surface area contributed by atoms with Gasteiger partial charge >= 0.3 is 227 Å². The van der Waals surface area contributed by atoms with E-state index in [2.05, 4.69) is 96.9 Å². The molecule has 1 atom stereocenters. The van der Waals surface area contributed by atoms with Crippen molar-refractivity contribution < 1.29 is 9.47 Å². The van der Waals surface area contributed by atoms with Gasteiger partial charge in [0.25, 0.3) is 0 Å². The topological polar surface area (TPSA) is 21.7 Å². The van der Waals surface area contributed by atoms with Crippen molar-refractivity contribution in [2.75, 3.05) is 4.90 Å². The SMILES string of the molecule is CCCCC(CC)Cc1cc2c3c(c1)Oc1c[c]([Sn]([CH3])([CH3])[CH3])ccc1N3c1cc[c]([Sn]([CH3])([CH3])[CH3])cc1O2. The Bertz CT molecular complexity index is 1230. The molecule has 5 rings (SSSR count). The number of rotatable bonds is 8. The summed E-state index contributed by atoms with van der Waals surface area (Å²) in [7, 11) is 0. The summed E-state index contributed by atoms with van der Waals surface area (Å²) in [6, 6.07) is 18.4. The van der Waals surface area contributed by atoms with E-state index in [0.717, 1.165) is 46.5 Å². The fraction of sp³-hybridized carbons (Fsp3) is 0.438. The summed E-state index contributed by atoms with van der Waals surface area (Å²) in [5.41, 5.74) is 4.60. The van der Waals surface area contributed by atoms with E-state index in [-0.39, 0.29) is 0 Å². The maximum atomic E-state index is 6.71. The van der Waals surface area contributed by atoms with Crippen molar-refractivity contribution in [1.82, 2.24) is 0 Å². The van der Waals surface area contributed by atoms with Gasteiger partial charge in [0.05, 0.1) is 0 Å². The van der Waals surface area contributed by atoms with Crippen molar-refractivity contribution in [2.45, 2.75) is 75.6 Å². The number of fused-ring (bicyclic) bond motifs is 4. The van der Waals surface area contributed by atoms with Crippen LogP contribution in [0.15, 0.2) is 48.5 Å². The molecule has 0 N–H and O–H groups in total. The van der Waals surface area contributed by atoms with Gasteiger partial charge in [-0.2, -0.15) is 0 Å².